The fourth-order valence-electron chi connectivity index (χ4n) is 4.76. The predicted octanol–water partition coefficient (Wildman–Crippen LogP) is 3.08. The number of carbonyl (C=O) groups excluding carboxylic acids is 2. The quantitative estimate of drug-likeness (QED) is 0.420. The van der Waals surface area contributed by atoms with Crippen LogP contribution < -0.4 is 0 Å². The van der Waals surface area contributed by atoms with Gasteiger partial charge in [0.05, 0.1) is 12.2 Å². The minimum absolute atomic E-state index is 0.0411. The van der Waals surface area contributed by atoms with E-state index in [1.165, 1.54) is 6.92 Å². The number of hydrogen-bond donors (Lipinski definition) is 1. The first-order valence-corrected chi connectivity index (χ1v) is 10.2. The van der Waals surface area contributed by atoms with Crippen LogP contribution in [0.4, 0.5) is 0 Å². The maximum absolute atomic E-state index is 12.2. The van der Waals surface area contributed by atoms with E-state index in [9.17, 15) is 14.7 Å². The summed E-state index contributed by atoms with van der Waals surface area (Å²) in [5, 5.41) is 10.9. The lowest BCUT2D eigenvalue weighted by atomic mass is 9.79. The van der Waals surface area contributed by atoms with Crippen LogP contribution in [0.2, 0.25) is 0 Å². The Morgan fingerprint density at radius 2 is 2.04 bits per heavy atom. The maximum atomic E-state index is 12.2. The van der Waals surface area contributed by atoms with Gasteiger partial charge in [0.2, 0.25) is 0 Å². The number of rotatable bonds is 1. The summed E-state index contributed by atoms with van der Waals surface area (Å²) in [6.07, 6.45) is 2.27. The Labute approximate surface area is 166 Å². The fourth-order valence-corrected chi connectivity index (χ4v) is 4.76. The highest BCUT2D eigenvalue weighted by Crippen LogP contribution is 2.44. The van der Waals surface area contributed by atoms with Crippen LogP contribution in [-0.2, 0) is 23.8 Å². The Hall–Kier alpha value is -1.66. The molecule has 156 valence electrons. The van der Waals surface area contributed by atoms with Gasteiger partial charge in [-0.3, -0.25) is 4.79 Å². The monoisotopic (exact) mass is 392 g/mol. The molecule has 3 aliphatic heterocycles. The topological polar surface area (TPSA) is 82.1 Å². The van der Waals surface area contributed by atoms with E-state index in [1.807, 2.05) is 13.8 Å². The van der Waals surface area contributed by atoms with E-state index < -0.39 is 41.8 Å². The molecule has 2 bridgehead atoms. The third-order valence-electron chi connectivity index (χ3n) is 6.65. The zero-order chi connectivity index (χ0) is 20.6. The minimum atomic E-state index is -0.800. The van der Waals surface area contributed by atoms with Gasteiger partial charge in [-0.05, 0) is 56.9 Å². The van der Waals surface area contributed by atoms with E-state index in [1.54, 1.807) is 0 Å². The molecule has 3 saturated heterocycles. The van der Waals surface area contributed by atoms with Crippen LogP contribution in [0.3, 0.4) is 0 Å². The standard InChI is InChI=1S/C22H32O6/c1-12-7-6-8-13(2)19(24)20-16(14(3)21(25)27-20)11-18(26-15(4)23)22(5)10-9-17(12)28-22/h13,16-20,24H,1,3,6-11H2,2,4-5H3/t13-,16+,17?,18-,19+,20-,22?/m1/s1. The largest absolute Gasteiger partial charge is 0.459 e. The van der Waals surface area contributed by atoms with Gasteiger partial charge in [-0.1, -0.05) is 20.1 Å². The molecule has 0 aromatic carbocycles. The van der Waals surface area contributed by atoms with Gasteiger partial charge in [-0.2, -0.15) is 0 Å². The zero-order valence-corrected chi connectivity index (χ0v) is 17.1. The number of carbonyl (C=O) groups is 2. The molecule has 0 spiro atoms. The molecule has 0 aromatic heterocycles. The number of aliphatic hydroxyl groups is 1. The second kappa shape index (κ2) is 7.99. The lowest BCUT2D eigenvalue weighted by molar-refractivity contribution is -0.169. The number of esters is 2. The normalized spacial score (nSPS) is 42.1. The summed E-state index contributed by atoms with van der Waals surface area (Å²) in [4.78, 5) is 24.0. The Balaban J connectivity index is 1.95. The SMILES string of the molecule is C=C1CCC[C@@H](C)[C@H](O)[C@@H]2OC(=O)C(=C)[C@@H]2C[C@@H](OC(C)=O)C2(C)CCC1O2. The molecule has 0 aromatic rings. The number of hydrogen-bond acceptors (Lipinski definition) is 6. The summed E-state index contributed by atoms with van der Waals surface area (Å²) in [7, 11) is 0. The fraction of sp³-hybridized carbons (Fsp3) is 0.727. The van der Waals surface area contributed by atoms with E-state index >= 15 is 0 Å². The Bertz CT molecular complexity index is 670. The van der Waals surface area contributed by atoms with Crippen molar-refractivity contribution in [3.05, 3.63) is 24.3 Å². The van der Waals surface area contributed by atoms with Crippen molar-refractivity contribution in [3.63, 3.8) is 0 Å². The molecule has 3 heterocycles. The molecule has 6 heteroatoms. The number of fused-ring (bicyclic) bond motifs is 3. The Kier molecular flexibility index (Phi) is 6.01. The lowest BCUT2D eigenvalue weighted by Crippen LogP contribution is -2.46. The third kappa shape index (κ3) is 4.03. The second-order valence-corrected chi connectivity index (χ2v) is 8.81. The van der Waals surface area contributed by atoms with E-state index in [-0.39, 0.29) is 12.0 Å². The molecule has 6 nitrogen and oxygen atoms in total. The number of ether oxygens (including phenoxy) is 3. The summed E-state index contributed by atoms with van der Waals surface area (Å²) in [5.41, 5.74) is 0.688. The van der Waals surface area contributed by atoms with Crippen molar-refractivity contribution in [2.45, 2.75) is 89.3 Å². The summed E-state index contributed by atoms with van der Waals surface area (Å²) < 4.78 is 17.5. The summed E-state index contributed by atoms with van der Waals surface area (Å²) in [6, 6.07) is 0. The molecule has 0 saturated carbocycles. The van der Waals surface area contributed by atoms with Crippen LogP contribution in [0.1, 0.15) is 59.3 Å². The molecule has 7 atom stereocenters. The minimum Gasteiger partial charge on any atom is -0.459 e. The molecule has 0 aliphatic carbocycles. The average Bonchev–Trinajstić information content (AvgIpc) is 3.15. The van der Waals surface area contributed by atoms with Crippen molar-refractivity contribution < 1.29 is 28.9 Å². The van der Waals surface area contributed by atoms with Gasteiger partial charge in [0.1, 0.15) is 17.8 Å². The predicted molar refractivity (Wildman–Crippen MR) is 103 cm³/mol. The maximum Gasteiger partial charge on any atom is 0.334 e. The average molecular weight is 392 g/mol. The van der Waals surface area contributed by atoms with Crippen LogP contribution in [0.25, 0.3) is 0 Å². The Morgan fingerprint density at radius 3 is 2.71 bits per heavy atom. The van der Waals surface area contributed by atoms with Crippen molar-refractivity contribution >= 4 is 11.9 Å². The molecule has 28 heavy (non-hydrogen) atoms. The molecule has 0 radical (unpaired) electrons. The van der Waals surface area contributed by atoms with Crippen molar-refractivity contribution in [2.75, 3.05) is 0 Å². The van der Waals surface area contributed by atoms with Gasteiger partial charge in [-0.25, -0.2) is 4.79 Å². The highest BCUT2D eigenvalue weighted by atomic mass is 16.6. The van der Waals surface area contributed by atoms with E-state index in [0.29, 0.717) is 12.0 Å². The summed E-state index contributed by atoms with van der Waals surface area (Å²) >= 11 is 0. The summed E-state index contributed by atoms with van der Waals surface area (Å²) in [6.45, 7) is 13.4. The second-order valence-electron chi connectivity index (χ2n) is 8.81. The van der Waals surface area contributed by atoms with Crippen molar-refractivity contribution in [3.8, 4) is 0 Å². The van der Waals surface area contributed by atoms with Crippen LogP contribution in [0.5, 0.6) is 0 Å². The third-order valence-corrected chi connectivity index (χ3v) is 6.65. The summed E-state index contributed by atoms with van der Waals surface area (Å²) in [5.74, 6) is -1.35. The van der Waals surface area contributed by atoms with E-state index in [4.69, 9.17) is 14.2 Å². The molecule has 1 N–H and O–H groups in total. The van der Waals surface area contributed by atoms with Gasteiger partial charge in [0, 0.05) is 18.4 Å². The van der Waals surface area contributed by atoms with Gasteiger partial charge in [0.25, 0.3) is 0 Å². The first-order chi connectivity index (χ1) is 13.1. The molecule has 3 aliphatic rings. The van der Waals surface area contributed by atoms with Crippen LogP contribution in [0, 0.1) is 11.8 Å². The van der Waals surface area contributed by atoms with Gasteiger partial charge >= 0.3 is 11.9 Å². The van der Waals surface area contributed by atoms with Crippen molar-refractivity contribution in [2.24, 2.45) is 11.8 Å². The molecular formula is C22H32O6. The van der Waals surface area contributed by atoms with Crippen LogP contribution in [-0.4, -0.2) is 47.1 Å². The molecule has 3 fully saturated rings. The molecule has 2 unspecified atom stereocenters. The molecule has 0 amide bonds. The smallest absolute Gasteiger partial charge is 0.334 e. The Morgan fingerprint density at radius 1 is 1.32 bits per heavy atom. The van der Waals surface area contributed by atoms with Gasteiger partial charge in [0.15, 0.2) is 0 Å². The van der Waals surface area contributed by atoms with Crippen LogP contribution >= 0.6 is 0 Å². The first kappa shape index (κ1) is 21.1. The van der Waals surface area contributed by atoms with Crippen molar-refractivity contribution in [1.29, 1.82) is 0 Å². The van der Waals surface area contributed by atoms with Crippen molar-refractivity contribution in [1.82, 2.24) is 0 Å². The first-order valence-electron chi connectivity index (χ1n) is 10.2. The lowest BCUT2D eigenvalue weighted by Gasteiger charge is -2.36. The van der Waals surface area contributed by atoms with E-state index in [2.05, 4.69) is 13.2 Å². The molecular weight excluding hydrogens is 360 g/mol. The van der Waals surface area contributed by atoms with Gasteiger partial charge in [-0.15, -0.1) is 0 Å². The van der Waals surface area contributed by atoms with Crippen LogP contribution in [0.15, 0.2) is 24.3 Å². The van der Waals surface area contributed by atoms with Gasteiger partial charge < -0.3 is 19.3 Å². The van der Waals surface area contributed by atoms with E-state index in [0.717, 1.165) is 37.7 Å². The highest BCUT2D eigenvalue weighted by molar-refractivity contribution is 5.90. The molecule has 3 rings (SSSR count). The zero-order valence-electron chi connectivity index (χ0n) is 17.1. The number of aliphatic hydroxyl groups excluding tert-OH is 1. The highest BCUT2D eigenvalue weighted by Gasteiger charge is 2.51.